The number of rotatable bonds is 2. The predicted octanol–water partition coefficient (Wildman–Crippen LogP) is 6.39. The van der Waals surface area contributed by atoms with Crippen molar-refractivity contribution in [2.75, 3.05) is 5.32 Å². The summed E-state index contributed by atoms with van der Waals surface area (Å²) >= 11 is 0. The van der Waals surface area contributed by atoms with E-state index in [-0.39, 0.29) is 12.2 Å². The molecule has 0 spiro atoms. The number of carbonyl (C=O) groups is 2. The Balaban J connectivity index is 1.79. The number of anilines is 1. The van der Waals surface area contributed by atoms with E-state index in [4.69, 9.17) is 0 Å². The first-order valence-corrected chi connectivity index (χ1v) is 10.9. The van der Waals surface area contributed by atoms with Gasteiger partial charge < -0.3 is 0 Å². The van der Waals surface area contributed by atoms with Gasteiger partial charge in [0.15, 0.2) is 5.78 Å². The van der Waals surface area contributed by atoms with Crippen molar-refractivity contribution in [3.8, 4) is 0 Å². The summed E-state index contributed by atoms with van der Waals surface area (Å²) in [6, 6.07) is 7.97. The second-order valence-corrected chi connectivity index (χ2v) is 9.57. The summed E-state index contributed by atoms with van der Waals surface area (Å²) < 4.78 is 40.1. The van der Waals surface area contributed by atoms with Crippen LogP contribution in [0.15, 0.2) is 59.6 Å². The van der Waals surface area contributed by atoms with Crippen LogP contribution in [-0.2, 0) is 11.0 Å². The third kappa shape index (κ3) is 4.62. The van der Waals surface area contributed by atoms with Gasteiger partial charge in [0.05, 0.1) is 5.56 Å². The molecule has 5 nitrogen and oxygen atoms in total. The lowest BCUT2D eigenvalue weighted by atomic mass is 9.70. The van der Waals surface area contributed by atoms with E-state index in [1.165, 1.54) is 11.0 Å². The van der Waals surface area contributed by atoms with Crippen molar-refractivity contribution >= 4 is 17.6 Å². The Kier molecular flexibility index (Phi) is 5.87. The van der Waals surface area contributed by atoms with Crippen molar-refractivity contribution in [3.63, 3.8) is 0 Å². The summed E-state index contributed by atoms with van der Waals surface area (Å²) in [6.45, 7) is 7.41. The normalized spacial score (nSPS) is 20.1. The van der Waals surface area contributed by atoms with Crippen molar-refractivity contribution in [2.45, 2.75) is 52.6 Å². The zero-order valence-corrected chi connectivity index (χ0v) is 19.4. The van der Waals surface area contributed by atoms with Gasteiger partial charge in [0.2, 0.25) is 0 Å². The van der Waals surface area contributed by atoms with Crippen LogP contribution in [0.4, 0.5) is 23.8 Å². The molecular formula is C26H25F3N3O2. The van der Waals surface area contributed by atoms with Gasteiger partial charge in [-0.2, -0.15) is 13.2 Å². The summed E-state index contributed by atoms with van der Waals surface area (Å²) in [4.78, 5) is 32.2. The van der Waals surface area contributed by atoms with Crippen LogP contribution in [0.3, 0.4) is 0 Å². The Hall–Kier alpha value is -3.42. The first-order chi connectivity index (χ1) is 15.9. The monoisotopic (exact) mass is 468 g/mol. The highest BCUT2D eigenvalue weighted by molar-refractivity contribution is 6.01. The van der Waals surface area contributed by atoms with E-state index < -0.39 is 29.1 Å². The fraction of sp³-hybridized carbons (Fsp3) is 0.346. The van der Waals surface area contributed by atoms with Crippen molar-refractivity contribution in [3.05, 3.63) is 82.3 Å². The van der Waals surface area contributed by atoms with Crippen molar-refractivity contribution < 1.29 is 22.8 Å². The SMILES string of the molecule is CC1=[C]C(c2cccc(C(F)(F)F)c2)C2=C(CC(C)(C)CC2=O)N1C(=O)Nc1cc(C)ccn1. The molecule has 4 rings (SSSR count). The molecule has 2 aromatic rings. The minimum absolute atomic E-state index is 0.194. The fourth-order valence-corrected chi connectivity index (χ4v) is 4.57. The Morgan fingerprint density at radius 1 is 1.18 bits per heavy atom. The van der Waals surface area contributed by atoms with Gasteiger partial charge in [-0.05, 0) is 61.1 Å². The molecule has 1 aromatic carbocycles. The van der Waals surface area contributed by atoms with Crippen LogP contribution < -0.4 is 5.32 Å². The molecule has 1 unspecified atom stereocenters. The number of alkyl halides is 3. The molecule has 2 amide bonds. The number of hydrogen-bond acceptors (Lipinski definition) is 3. The first kappa shape index (κ1) is 23.7. The molecule has 1 aliphatic carbocycles. The molecule has 177 valence electrons. The number of aryl methyl sites for hydroxylation is 1. The van der Waals surface area contributed by atoms with Gasteiger partial charge in [0.25, 0.3) is 0 Å². The van der Waals surface area contributed by atoms with Crippen LogP contribution >= 0.6 is 0 Å². The number of aromatic nitrogens is 1. The smallest absolute Gasteiger partial charge is 0.294 e. The number of benzene rings is 1. The number of hydrogen-bond donors (Lipinski definition) is 1. The van der Waals surface area contributed by atoms with Crippen LogP contribution in [0, 0.1) is 18.4 Å². The summed E-state index contributed by atoms with van der Waals surface area (Å²) in [7, 11) is 0. The maximum atomic E-state index is 13.4. The third-order valence-corrected chi connectivity index (χ3v) is 6.04. The van der Waals surface area contributed by atoms with E-state index in [1.54, 1.807) is 31.3 Å². The molecule has 2 heterocycles. The van der Waals surface area contributed by atoms with Crippen LogP contribution in [-0.4, -0.2) is 21.7 Å². The number of pyridine rings is 1. The molecule has 1 aliphatic heterocycles. The highest BCUT2D eigenvalue weighted by Gasteiger charge is 2.43. The summed E-state index contributed by atoms with van der Waals surface area (Å²) in [5, 5.41) is 2.76. The molecule has 1 radical (unpaired) electrons. The molecule has 8 heteroatoms. The van der Waals surface area contributed by atoms with Crippen molar-refractivity contribution in [2.24, 2.45) is 5.41 Å². The predicted molar refractivity (Wildman–Crippen MR) is 121 cm³/mol. The number of amides is 2. The highest BCUT2D eigenvalue weighted by atomic mass is 19.4. The van der Waals surface area contributed by atoms with E-state index in [1.807, 2.05) is 20.8 Å². The van der Waals surface area contributed by atoms with E-state index in [0.29, 0.717) is 34.8 Å². The third-order valence-electron chi connectivity index (χ3n) is 6.04. The zero-order valence-electron chi connectivity index (χ0n) is 19.4. The maximum absolute atomic E-state index is 13.4. The lowest BCUT2D eigenvalue weighted by Gasteiger charge is -2.41. The fourth-order valence-electron chi connectivity index (χ4n) is 4.57. The standard InChI is InChI=1S/C26H25F3N3O2/c1-15-8-9-30-22(10-15)31-24(34)32-16(2)11-19(17-6-5-7-18(12-17)26(27,28)29)23-20(32)13-25(3,4)14-21(23)33/h5-10,12,19H,13-14H2,1-4H3,(H,30,31,34). The molecule has 1 N–H and O–H groups in total. The number of allylic oxidation sites excluding steroid dienone is 4. The minimum Gasteiger partial charge on any atom is -0.294 e. The number of Topliss-reactive ketones (excluding diaryl/α,β-unsaturated/α-hetero) is 1. The van der Waals surface area contributed by atoms with Gasteiger partial charge >= 0.3 is 12.2 Å². The number of ketones is 1. The topological polar surface area (TPSA) is 62.3 Å². The Labute approximate surface area is 196 Å². The van der Waals surface area contributed by atoms with Gasteiger partial charge in [-0.15, -0.1) is 0 Å². The van der Waals surface area contributed by atoms with Gasteiger partial charge in [-0.25, -0.2) is 9.78 Å². The quantitative estimate of drug-likeness (QED) is 0.556. The molecule has 34 heavy (non-hydrogen) atoms. The summed E-state index contributed by atoms with van der Waals surface area (Å²) in [5.74, 6) is -0.622. The van der Waals surface area contributed by atoms with E-state index in [0.717, 1.165) is 17.7 Å². The molecule has 0 saturated carbocycles. The van der Waals surface area contributed by atoms with E-state index in [9.17, 15) is 22.8 Å². The minimum atomic E-state index is -4.51. The second-order valence-electron chi connectivity index (χ2n) is 9.57. The lowest BCUT2D eigenvalue weighted by Crippen LogP contribution is -2.42. The summed E-state index contributed by atoms with van der Waals surface area (Å²) in [5.41, 5.74) is 1.25. The van der Waals surface area contributed by atoms with Crippen LogP contribution in [0.1, 0.15) is 56.2 Å². The number of carbonyl (C=O) groups excluding carboxylic acids is 2. The van der Waals surface area contributed by atoms with Crippen molar-refractivity contribution in [1.29, 1.82) is 0 Å². The Morgan fingerprint density at radius 3 is 2.59 bits per heavy atom. The number of urea groups is 1. The number of halogens is 3. The average molecular weight is 468 g/mol. The molecule has 0 saturated heterocycles. The second kappa shape index (κ2) is 8.42. The molecular weight excluding hydrogens is 443 g/mol. The van der Waals surface area contributed by atoms with E-state index in [2.05, 4.69) is 16.4 Å². The summed E-state index contributed by atoms with van der Waals surface area (Å²) in [6.07, 6.45) is 0.832. The van der Waals surface area contributed by atoms with Crippen LogP contribution in [0.5, 0.6) is 0 Å². The zero-order chi connectivity index (χ0) is 24.8. The maximum Gasteiger partial charge on any atom is 0.416 e. The molecule has 0 bridgehead atoms. The highest BCUT2D eigenvalue weighted by Crippen LogP contribution is 2.47. The Bertz CT molecular complexity index is 1230. The molecule has 0 fully saturated rings. The average Bonchev–Trinajstić information content (AvgIpc) is 2.71. The number of nitrogens with one attached hydrogen (secondary N) is 1. The number of nitrogens with zero attached hydrogens (tertiary/aromatic N) is 2. The Morgan fingerprint density at radius 2 is 1.91 bits per heavy atom. The largest absolute Gasteiger partial charge is 0.416 e. The van der Waals surface area contributed by atoms with Crippen molar-refractivity contribution in [1.82, 2.24) is 9.88 Å². The van der Waals surface area contributed by atoms with E-state index >= 15 is 0 Å². The van der Waals surface area contributed by atoms with Gasteiger partial charge in [0.1, 0.15) is 5.82 Å². The van der Waals surface area contributed by atoms with Crippen LogP contribution in [0.25, 0.3) is 0 Å². The van der Waals surface area contributed by atoms with Gasteiger partial charge in [-0.3, -0.25) is 15.0 Å². The van der Waals surface area contributed by atoms with Gasteiger partial charge in [-0.1, -0.05) is 32.0 Å². The first-order valence-electron chi connectivity index (χ1n) is 10.9. The molecule has 2 aliphatic rings. The van der Waals surface area contributed by atoms with Gasteiger partial charge in [0, 0.05) is 35.5 Å². The molecule has 1 aromatic heterocycles. The molecule has 1 atom stereocenters. The van der Waals surface area contributed by atoms with Crippen LogP contribution in [0.2, 0.25) is 0 Å². The lowest BCUT2D eigenvalue weighted by molar-refractivity contribution is -0.137.